The van der Waals surface area contributed by atoms with Crippen LogP contribution in [0.3, 0.4) is 0 Å². The number of rotatable bonds is 35. The molecule has 0 radical (unpaired) electrons. The summed E-state index contributed by atoms with van der Waals surface area (Å²) in [5.41, 5.74) is 40.6. The summed E-state index contributed by atoms with van der Waals surface area (Å²) in [6.45, 7) is 12.0. The van der Waals surface area contributed by atoms with Crippen LogP contribution in [0, 0.1) is 17.8 Å². The van der Waals surface area contributed by atoms with E-state index in [0.717, 1.165) is 22.9 Å². The number of aromatic amines is 1. The Balaban J connectivity index is 1.95. The summed E-state index contributed by atoms with van der Waals surface area (Å²) in [6, 6.07) is -1.45. The van der Waals surface area contributed by atoms with Crippen molar-refractivity contribution in [1.82, 2.24) is 47.5 Å². The van der Waals surface area contributed by atoms with Gasteiger partial charge >= 0.3 is 0 Å². The minimum Gasteiger partial charge on any atom is -0.370 e. The second kappa shape index (κ2) is 33.6. The van der Waals surface area contributed by atoms with E-state index in [4.69, 9.17) is 40.1 Å². The zero-order valence-electron chi connectivity index (χ0n) is 46.7. The summed E-state index contributed by atoms with van der Waals surface area (Å²) in [5.74, 6) is -6.37. The van der Waals surface area contributed by atoms with Gasteiger partial charge in [0.1, 0.15) is 42.3 Å². The fraction of sp³-hybridized carbons (Fsp3) is 0.635. The van der Waals surface area contributed by atoms with E-state index in [2.05, 4.69) is 62.5 Å². The van der Waals surface area contributed by atoms with Crippen LogP contribution in [-0.2, 0) is 44.8 Å². The van der Waals surface area contributed by atoms with E-state index >= 15 is 0 Å². The van der Waals surface area contributed by atoms with Crippen molar-refractivity contribution < 1.29 is 38.4 Å². The number of nitrogens with zero attached hydrogens (tertiary/aromatic N) is 3. The molecule has 0 unspecified atom stereocenters. The van der Waals surface area contributed by atoms with Crippen LogP contribution in [0.25, 0.3) is 10.9 Å². The molecular formula is C52H89N19O8. The van der Waals surface area contributed by atoms with E-state index in [1.165, 1.54) is 0 Å². The maximum absolute atomic E-state index is 14.5. The van der Waals surface area contributed by atoms with Gasteiger partial charge in [-0.3, -0.25) is 53.3 Å². The molecule has 1 aliphatic rings. The average molecular weight is 1110 g/mol. The maximum atomic E-state index is 14.5. The minimum atomic E-state index is -1.32. The molecule has 1 aliphatic heterocycles. The quantitative estimate of drug-likeness (QED) is 0.0195. The largest absolute Gasteiger partial charge is 0.370 e. The number of hydrogen-bond donors (Lipinski definition) is 16. The van der Waals surface area contributed by atoms with Crippen molar-refractivity contribution in [3.8, 4) is 0 Å². The van der Waals surface area contributed by atoms with Crippen LogP contribution < -0.4 is 82.7 Å². The van der Waals surface area contributed by atoms with E-state index in [-0.39, 0.29) is 125 Å². The van der Waals surface area contributed by atoms with Crippen molar-refractivity contribution in [3.05, 3.63) is 36.0 Å². The normalized spacial score (nSPS) is 15.8. The molecule has 0 spiro atoms. The number of aliphatic imine (C=N–C) groups is 3. The Morgan fingerprint density at radius 1 is 0.519 bits per heavy atom. The van der Waals surface area contributed by atoms with Crippen molar-refractivity contribution in [2.75, 3.05) is 26.2 Å². The molecule has 1 saturated heterocycles. The number of primary amides is 1. The predicted octanol–water partition coefficient (Wildman–Crippen LogP) is -2.36. The summed E-state index contributed by atoms with van der Waals surface area (Å²) >= 11 is 0. The highest BCUT2D eigenvalue weighted by Crippen LogP contribution is 2.20. The summed E-state index contributed by atoms with van der Waals surface area (Å²) < 4.78 is 0. The standard InChI is InChI=1S/C52H89N19O8/c1-28(2)23-38(42(53)72)68-44(74)35(16-10-20-61-50(54)55)65-47(77)39(24-29(3)4)69-45(75)36(17-11-21-62-51(56)57)66-48(78)40(25-30(5)6)70-46(76)37(18-12-22-63-52(58)59)67-49(79)41(71-43(73)34-15-9-19-60-34)26-31-27-64-33-14-8-7-13-32(31)33/h7-8,13-14,27-30,34-41,60,64H,9-12,15-26H2,1-6H3,(H2,53,72)(H,65,77)(H,66,78)(H,67,79)(H,68,74)(H,69,75)(H,70,76)(H,71,73)(H4,54,55,61)(H4,56,57,62)(H4,58,59,63)/t34-,35-,36-,37-,38-,39-,40-,41-/m0/s1. The molecule has 1 aromatic heterocycles. The molecule has 79 heavy (non-hydrogen) atoms. The lowest BCUT2D eigenvalue weighted by molar-refractivity contribution is -0.136. The third kappa shape index (κ3) is 24.2. The Kier molecular flexibility index (Phi) is 27.8. The number of aromatic nitrogens is 1. The van der Waals surface area contributed by atoms with Crippen LogP contribution in [0.4, 0.5) is 0 Å². The first kappa shape index (κ1) is 65.6. The average Bonchev–Trinajstić information content (AvgIpc) is 4.11. The number of benzene rings is 1. The number of fused-ring (bicyclic) bond motifs is 1. The van der Waals surface area contributed by atoms with Crippen LogP contribution in [0.2, 0.25) is 0 Å². The SMILES string of the molecule is CC(C)C[C@H](NC(=O)[C@H](CCCN=C(N)N)NC(=O)[C@H](CC(C)C)NC(=O)[C@H](CCCN=C(N)N)NC(=O)[C@H](CC(C)C)NC(=O)[C@H](CCCN=C(N)N)NC(=O)[C@H](Cc1c[nH]c2ccccc12)NC(=O)[C@@H]1CCCN1)C(N)=O. The van der Waals surface area contributed by atoms with Gasteiger partial charge in [-0.05, 0) is 107 Å². The van der Waals surface area contributed by atoms with Gasteiger partial charge in [0.15, 0.2) is 17.9 Å². The predicted molar refractivity (Wildman–Crippen MR) is 304 cm³/mol. The Labute approximate surface area is 462 Å². The molecule has 23 N–H and O–H groups in total. The van der Waals surface area contributed by atoms with E-state index < -0.39 is 89.7 Å². The molecule has 8 atom stereocenters. The van der Waals surface area contributed by atoms with Gasteiger partial charge in [0, 0.05) is 43.2 Å². The molecule has 2 aromatic rings. The van der Waals surface area contributed by atoms with E-state index in [1.807, 2.05) is 65.8 Å². The third-order valence-electron chi connectivity index (χ3n) is 12.9. The lowest BCUT2D eigenvalue weighted by Gasteiger charge is -2.29. The first-order chi connectivity index (χ1) is 37.3. The molecule has 1 fully saturated rings. The molecule has 0 saturated carbocycles. The monoisotopic (exact) mass is 1110 g/mol. The van der Waals surface area contributed by atoms with Crippen LogP contribution in [-0.4, -0.2) is 145 Å². The lowest BCUT2D eigenvalue weighted by atomic mass is 9.99. The molecule has 0 aliphatic carbocycles. The second-order valence-electron chi connectivity index (χ2n) is 21.3. The zero-order valence-corrected chi connectivity index (χ0v) is 46.7. The van der Waals surface area contributed by atoms with Crippen molar-refractivity contribution in [3.63, 3.8) is 0 Å². The topological polar surface area (TPSA) is 468 Å². The second-order valence-corrected chi connectivity index (χ2v) is 21.3. The van der Waals surface area contributed by atoms with Crippen molar-refractivity contribution in [1.29, 1.82) is 0 Å². The number of para-hydroxylation sites is 1. The molecule has 8 amide bonds. The number of carbonyl (C=O) groups is 8. The van der Waals surface area contributed by atoms with Gasteiger partial charge < -0.3 is 87.7 Å². The van der Waals surface area contributed by atoms with Crippen LogP contribution in [0.15, 0.2) is 45.4 Å². The Morgan fingerprint density at radius 2 is 0.899 bits per heavy atom. The lowest BCUT2D eigenvalue weighted by Crippen LogP contribution is -2.60. The number of nitrogens with two attached hydrogens (primary N) is 7. The van der Waals surface area contributed by atoms with Crippen LogP contribution >= 0.6 is 0 Å². The first-order valence-electron chi connectivity index (χ1n) is 27.2. The fourth-order valence-corrected chi connectivity index (χ4v) is 8.98. The van der Waals surface area contributed by atoms with Gasteiger partial charge in [0.25, 0.3) is 0 Å². The van der Waals surface area contributed by atoms with Gasteiger partial charge in [-0.25, -0.2) is 0 Å². The molecule has 2 heterocycles. The molecule has 0 bridgehead atoms. The molecular weight excluding hydrogens is 1020 g/mol. The van der Waals surface area contributed by atoms with Gasteiger partial charge in [0.05, 0.1) is 6.04 Å². The summed E-state index contributed by atoms with van der Waals surface area (Å²) in [5, 5.41) is 23.5. The highest BCUT2D eigenvalue weighted by atomic mass is 16.2. The summed E-state index contributed by atoms with van der Waals surface area (Å²) in [7, 11) is 0. The smallest absolute Gasteiger partial charge is 0.243 e. The fourth-order valence-electron chi connectivity index (χ4n) is 8.98. The Morgan fingerprint density at radius 3 is 1.29 bits per heavy atom. The van der Waals surface area contributed by atoms with Crippen LogP contribution in [0.1, 0.15) is 118 Å². The number of guanidine groups is 3. The van der Waals surface area contributed by atoms with E-state index in [0.29, 0.717) is 13.0 Å². The Hall–Kier alpha value is -7.71. The van der Waals surface area contributed by atoms with Gasteiger partial charge in [-0.2, -0.15) is 0 Å². The van der Waals surface area contributed by atoms with Crippen molar-refractivity contribution in [2.24, 2.45) is 72.9 Å². The molecule has 3 rings (SSSR count). The Bertz CT molecular complexity index is 2420. The van der Waals surface area contributed by atoms with Crippen molar-refractivity contribution in [2.45, 2.75) is 167 Å². The third-order valence-corrected chi connectivity index (χ3v) is 12.9. The van der Waals surface area contributed by atoms with Crippen molar-refractivity contribution >= 4 is 76.0 Å². The number of hydrogen-bond acceptors (Lipinski definition) is 12. The van der Waals surface area contributed by atoms with Gasteiger partial charge in [0.2, 0.25) is 47.3 Å². The minimum absolute atomic E-state index is 0.0122. The molecule has 27 nitrogen and oxygen atoms in total. The van der Waals surface area contributed by atoms with Crippen LogP contribution in [0.5, 0.6) is 0 Å². The zero-order chi connectivity index (χ0) is 58.8. The molecule has 27 heteroatoms. The maximum Gasteiger partial charge on any atom is 0.243 e. The van der Waals surface area contributed by atoms with E-state index in [9.17, 15) is 38.4 Å². The number of amides is 8. The first-order valence-corrected chi connectivity index (χ1v) is 27.2. The highest BCUT2D eigenvalue weighted by molar-refractivity contribution is 5.98. The number of nitrogens with one attached hydrogen (secondary N) is 9. The highest BCUT2D eigenvalue weighted by Gasteiger charge is 2.35. The number of carbonyl (C=O) groups excluding carboxylic acids is 8. The van der Waals surface area contributed by atoms with Gasteiger partial charge in [-0.15, -0.1) is 0 Å². The number of H-pyrrole nitrogens is 1. The summed E-state index contributed by atoms with van der Waals surface area (Å²) in [4.78, 5) is 127. The summed E-state index contributed by atoms with van der Waals surface area (Å²) in [6.07, 6.45) is 4.31. The van der Waals surface area contributed by atoms with Gasteiger partial charge in [-0.1, -0.05) is 59.7 Å². The van der Waals surface area contributed by atoms with E-state index in [1.54, 1.807) is 6.20 Å². The molecule has 440 valence electrons. The molecule has 1 aromatic carbocycles.